The molecular weight excluding hydrogens is 376 g/mol. The zero-order chi connectivity index (χ0) is 21.3. The second-order valence-corrected chi connectivity index (χ2v) is 8.31. The summed E-state index contributed by atoms with van der Waals surface area (Å²) in [4.78, 5) is 30.4. The molecule has 0 bridgehead atoms. The zero-order valence-corrected chi connectivity index (χ0v) is 17.7. The molecule has 2 aromatic rings. The lowest BCUT2D eigenvalue weighted by Gasteiger charge is -2.23. The van der Waals surface area contributed by atoms with Crippen molar-refractivity contribution < 1.29 is 9.59 Å². The van der Waals surface area contributed by atoms with Gasteiger partial charge in [-0.1, -0.05) is 25.1 Å². The highest BCUT2D eigenvalue weighted by atomic mass is 16.2. The number of nitrogens with one attached hydrogen (secondary N) is 2. The SMILES string of the molecule is Cc1cccc2c1NC(CN(C)C(=O)/C=C/c1cnc3c(c1)CCCC(=O)N3)C2C. The second-order valence-electron chi connectivity index (χ2n) is 8.31. The molecule has 6 nitrogen and oxygen atoms in total. The van der Waals surface area contributed by atoms with Crippen LogP contribution in [-0.4, -0.2) is 41.3 Å². The van der Waals surface area contributed by atoms with Crippen LogP contribution in [0.15, 0.2) is 36.5 Å². The van der Waals surface area contributed by atoms with E-state index in [2.05, 4.69) is 47.7 Å². The highest BCUT2D eigenvalue weighted by Crippen LogP contribution is 2.37. The molecule has 2 amide bonds. The summed E-state index contributed by atoms with van der Waals surface area (Å²) in [6.07, 6.45) is 7.21. The van der Waals surface area contributed by atoms with Gasteiger partial charge in [-0.15, -0.1) is 0 Å². The van der Waals surface area contributed by atoms with Gasteiger partial charge < -0.3 is 15.5 Å². The van der Waals surface area contributed by atoms with Gasteiger partial charge in [0.25, 0.3) is 0 Å². The van der Waals surface area contributed by atoms with Crippen LogP contribution in [0.4, 0.5) is 11.5 Å². The zero-order valence-electron chi connectivity index (χ0n) is 17.7. The van der Waals surface area contributed by atoms with E-state index in [-0.39, 0.29) is 17.9 Å². The Labute approximate surface area is 177 Å². The van der Waals surface area contributed by atoms with Crippen LogP contribution >= 0.6 is 0 Å². The largest absolute Gasteiger partial charge is 0.379 e. The molecule has 1 aromatic carbocycles. The molecule has 30 heavy (non-hydrogen) atoms. The molecule has 0 fully saturated rings. The molecule has 2 N–H and O–H groups in total. The number of likely N-dealkylation sites (N-methyl/N-ethyl adjacent to an activating group) is 1. The first kappa shape index (κ1) is 20.1. The lowest BCUT2D eigenvalue weighted by Crippen LogP contribution is -2.37. The fourth-order valence-electron chi connectivity index (χ4n) is 4.23. The van der Waals surface area contributed by atoms with Crippen molar-refractivity contribution in [3.63, 3.8) is 0 Å². The monoisotopic (exact) mass is 404 g/mol. The van der Waals surface area contributed by atoms with E-state index in [1.54, 1.807) is 23.2 Å². The number of aryl methyl sites for hydroxylation is 2. The Morgan fingerprint density at radius 1 is 1.33 bits per heavy atom. The number of pyridine rings is 1. The Morgan fingerprint density at radius 2 is 2.17 bits per heavy atom. The molecule has 0 saturated heterocycles. The number of anilines is 2. The normalized spacial score (nSPS) is 20.2. The van der Waals surface area contributed by atoms with Crippen LogP contribution in [0.2, 0.25) is 0 Å². The van der Waals surface area contributed by atoms with Gasteiger partial charge in [0.2, 0.25) is 11.8 Å². The van der Waals surface area contributed by atoms with Crippen molar-refractivity contribution in [1.29, 1.82) is 0 Å². The summed E-state index contributed by atoms with van der Waals surface area (Å²) >= 11 is 0. The topological polar surface area (TPSA) is 74.3 Å². The van der Waals surface area contributed by atoms with Gasteiger partial charge in [0.15, 0.2) is 0 Å². The van der Waals surface area contributed by atoms with E-state index >= 15 is 0 Å². The Bertz CT molecular complexity index is 1010. The van der Waals surface area contributed by atoms with Crippen LogP contribution in [0, 0.1) is 6.92 Å². The first-order chi connectivity index (χ1) is 14.4. The highest BCUT2D eigenvalue weighted by molar-refractivity contribution is 5.92. The van der Waals surface area contributed by atoms with E-state index in [0.29, 0.717) is 24.7 Å². The number of carbonyl (C=O) groups is 2. The molecular formula is C24H28N4O2. The van der Waals surface area contributed by atoms with Gasteiger partial charge in [-0.25, -0.2) is 4.98 Å². The van der Waals surface area contributed by atoms with Gasteiger partial charge in [0.05, 0.1) is 6.04 Å². The number of carbonyl (C=O) groups excluding carboxylic acids is 2. The van der Waals surface area contributed by atoms with E-state index in [4.69, 9.17) is 0 Å². The maximum absolute atomic E-state index is 12.7. The maximum atomic E-state index is 12.7. The lowest BCUT2D eigenvalue weighted by molar-refractivity contribution is -0.124. The number of benzene rings is 1. The van der Waals surface area contributed by atoms with Gasteiger partial charge in [0, 0.05) is 43.9 Å². The van der Waals surface area contributed by atoms with Crippen LogP contribution in [0.25, 0.3) is 6.08 Å². The average molecular weight is 405 g/mol. The quantitative estimate of drug-likeness (QED) is 0.762. The summed E-state index contributed by atoms with van der Waals surface area (Å²) in [6.45, 7) is 4.95. The van der Waals surface area contributed by atoms with Crippen LogP contribution in [-0.2, 0) is 16.0 Å². The summed E-state index contributed by atoms with van der Waals surface area (Å²) in [5.41, 5.74) is 5.64. The number of nitrogens with zero attached hydrogens (tertiary/aromatic N) is 2. The third kappa shape index (κ3) is 4.08. The Kier molecular flexibility index (Phi) is 5.57. The van der Waals surface area contributed by atoms with E-state index < -0.39 is 0 Å². The maximum Gasteiger partial charge on any atom is 0.246 e. The second kappa shape index (κ2) is 8.30. The number of rotatable bonds is 4. The van der Waals surface area contributed by atoms with Gasteiger partial charge in [-0.05, 0) is 54.2 Å². The Morgan fingerprint density at radius 3 is 2.97 bits per heavy atom. The van der Waals surface area contributed by atoms with Crippen LogP contribution in [0.5, 0.6) is 0 Å². The van der Waals surface area contributed by atoms with Gasteiger partial charge >= 0.3 is 0 Å². The summed E-state index contributed by atoms with van der Waals surface area (Å²) in [5.74, 6) is 0.950. The fourth-order valence-corrected chi connectivity index (χ4v) is 4.23. The van der Waals surface area contributed by atoms with Crippen LogP contribution < -0.4 is 10.6 Å². The summed E-state index contributed by atoms with van der Waals surface area (Å²) in [7, 11) is 1.84. The van der Waals surface area contributed by atoms with Crippen molar-refractivity contribution in [1.82, 2.24) is 9.88 Å². The molecule has 2 atom stereocenters. The number of amides is 2. The van der Waals surface area contributed by atoms with E-state index in [9.17, 15) is 9.59 Å². The van der Waals surface area contributed by atoms with Crippen molar-refractivity contribution in [2.24, 2.45) is 0 Å². The molecule has 6 heteroatoms. The van der Waals surface area contributed by atoms with Crippen molar-refractivity contribution in [2.75, 3.05) is 24.2 Å². The fraction of sp³-hybridized carbons (Fsp3) is 0.375. The van der Waals surface area contributed by atoms with E-state index in [0.717, 1.165) is 24.0 Å². The van der Waals surface area contributed by atoms with Gasteiger partial charge in [-0.3, -0.25) is 9.59 Å². The molecule has 2 unspecified atom stereocenters. The minimum atomic E-state index is -0.0417. The smallest absolute Gasteiger partial charge is 0.246 e. The molecule has 0 saturated carbocycles. The number of fused-ring (bicyclic) bond motifs is 2. The molecule has 0 radical (unpaired) electrons. The molecule has 2 aliphatic heterocycles. The molecule has 1 aromatic heterocycles. The first-order valence-corrected chi connectivity index (χ1v) is 10.5. The van der Waals surface area contributed by atoms with Crippen LogP contribution in [0.1, 0.15) is 47.9 Å². The Hall–Kier alpha value is -3.15. The predicted octanol–water partition coefficient (Wildman–Crippen LogP) is 3.73. The number of aromatic nitrogens is 1. The molecule has 156 valence electrons. The molecule has 4 rings (SSSR count). The van der Waals surface area contributed by atoms with E-state index in [1.165, 1.54) is 16.8 Å². The molecule has 2 aliphatic rings. The first-order valence-electron chi connectivity index (χ1n) is 10.5. The van der Waals surface area contributed by atoms with Crippen molar-refractivity contribution in [2.45, 2.75) is 45.1 Å². The van der Waals surface area contributed by atoms with Crippen molar-refractivity contribution in [3.8, 4) is 0 Å². The third-order valence-corrected chi connectivity index (χ3v) is 6.09. The van der Waals surface area contributed by atoms with E-state index in [1.807, 2.05) is 13.1 Å². The van der Waals surface area contributed by atoms with Gasteiger partial charge in [0.1, 0.15) is 5.82 Å². The summed E-state index contributed by atoms with van der Waals surface area (Å²) < 4.78 is 0. The van der Waals surface area contributed by atoms with Crippen molar-refractivity contribution >= 4 is 29.4 Å². The number of hydrogen-bond donors (Lipinski definition) is 2. The highest BCUT2D eigenvalue weighted by Gasteiger charge is 2.30. The minimum absolute atomic E-state index is 0.00781. The minimum Gasteiger partial charge on any atom is -0.379 e. The predicted molar refractivity (Wildman–Crippen MR) is 119 cm³/mol. The number of hydrogen-bond acceptors (Lipinski definition) is 4. The molecule has 0 spiro atoms. The third-order valence-electron chi connectivity index (χ3n) is 6.09. The summed E-state index contributed by atoms with van der Waals surface area (Å²) in [6, 6.07) is 8.55. The van der Waals surface area contributed by atoms with Gasteiger partial charge in [-0.2, -0.15) is 0 Å². The standard InChI is InChI=1S/C24H28N4O2/c1-15-6-4-8-19-16(2)20(26-23(15)19)14-28(3)22(30)11-10-17-12-18-7-5-9-21(29)27-24(18)25-13-17/h4,6,8,10-13,16,20,26H,5,7,9,14H2,1-3H3,(H,25,27,29)/b11-10+. The van der Waals surface area contributed by atoms with Crippen LogP contribution in [0.3, 0.4) is 0 Å². The Balaban J connectivity index is 1.39. The van der Waals surface area contributed by atoms with Crippen molar-refractivity contribution in [3.05, 3.63) is 58.8 Å². The molecule has 0 aliphatic carbocycles. The average Bonchev–Trinajstić information content (AvgIpc) is 2.92. The molecule has 3 heterocycles. The summed E-state index contributed by atoms with van der Waals surface area (Å²) in [5, 5.41) is 6.43. The number of para-hydroxylation sites is 1. The lowest BCUT2D eigenvalue weighted by atomic mass is 9.96.